The quantitative estimate of drug-likeness (QED) is 0.528. The predicted molar refractivity (Wildman–Crippen MR) is 119 cm³/mol. The molecule has 1 N–H and O–H groups in total. The van der Waals surface area contributed by atoms with E-state index < -0.39 is 0 Å². The third-order valence-electron chi connectivity index (χ3n) is 4.70. The van der Waals surface area contributed by atoms with Crippen molar-refractivity contribution in [3.05, 3.63) is 87.5 Å². The average Bonchev–Trinajstić information content (AvgIpc) is 2.63. The van der Waals surface area contributed by atoms with Crippen LogP contribution in [0.2, 0.25) is 0 Å². The Bertz CT molecular complexity index is 995. The molecule has 0 bridgehead atoms. The van der Waals surface area contributed by atoms with Gasteiger partial charge in [-0.1, -0.05) is 35.4 Å². The van der Waals surface area contributed by atoms with Gasteiger partial charge in [0.05, 0.1) is 11.4 Å². The first-order chi connectivity index (χ1) is 13.3. The summed E-state index contributed by atoms with van der Waals surface area (Å²) in [6.45, 7) is 10.2. The average molecular weight is 370 g/mol. The van der Waals surface area contributed by atoms with Gasteiger partial charge < -0.3 is 5.11 Å². The third-order valence-corrected chi connectivity index (χ3v) is 4.70. The van der Waals surface area contributed by atoms with Gasteiger partial charge in [-0.05, 0) is 75.6 Å². The van der Waals surface area contributed by atoms with Crippen molar-refractivity contribution in [3.8, 4) is 5.75 Å². The molecule has 0 saturated carbocycles. The normalized spacial score (nSPS) is 11.6. The zero-order chi connectivity index (χ0) is 20.3. The standard InChI is InChI=1S/C25H26N2O/c1-16-6-8-23(19(4)10-16)26-14-21-12-18(3)13-22(25(21)28)15-27-24-9-7-17(2)11-20(24)5/h6-15,28H,1-5H3. The SMILES string of the molecule is Cc1ccc(N=Cc2cc(C)cc(C=Nc3ccc(C)cc3C)c2O)c(C)c1. The molecule has 3 aromatic rings. The summed E-state index contributed by atoms with van der Waals surface area (Å²) in [7, 11) is 0. The lowest BCUT2D eigenvalue weighted by molar-refractivity contribution is 0.473. The van der Waals surface area contributed by atoms with E-state index in [1.54, 1.807) is 12.4 Å². The molecule has 0 aliphatic carbocycles. The second-order valence-electron chi connectivity index (χ2n) is 7.39. The fraction of sp³-hybridized carbons (Fsp3) is 0.200. The highest BCUT2D eigenvalue weighted by atomic mass is 16.3. The van der Waals surface area contributed by atoms with Crippen LogP contribution in [0.25, 0.3) is 0 Å². The Morgan fingerprint density at radius 3 is 1.43 bits per heavy atom. The van der Waals surface area contributed by atoms with E-state index >= 15 is 0 Å². The Morgan fingerprint density at radius 2 is 1.04 bits per heavy atom. The summed E-state index contributed by atoms with van der Waals surface area (Å²) in [5.74, 6) is 0.188. The zero-order valence-electron chi connectivity index (χ0n) is 17.1. The van der Waals surface area contributed by atoms with Crippen LogP contribution < -0.4 is 0 Å². The maximum Gasteiger partial charge on any atom is 0.133 e. The molecule has 0 radical (unpaired) electrons. The lowest BCUT2D eigenvalue weighted by Gasteiger charge is -2.07. The molecular formula is C25H26N2O. The fourth-order valence-corrected chi connectivity index (χ4v) is 3.21. The first-order valence-electron chi connectivity index (χ1n) is 9.40. The topological polar surface area (TPSA) is 45.0 Å². The molecule has 142 valence electrons. The number of phenols is 1. The highest BCUT2D eigenvalue weighted by Gasteiger charge is 2.07. The van der Waals surface area contributed by atoms with Crippen molar-refractivity contribution in [2.45, 2.75) is 34.6 Å². The molecule has 0 saturated heterocycles. The first kappa shape index (κ1) is 19.6. The zero-order valence-corrected chi connectivity index (χ0v) is 17.1. The van der Waals surface area contributed by atoms with Gasteiger partial charge >= 0.3 is 0 Å². The fourth-order valence-electron chi connectivity index (χ4n) is 3.21. The number of benzene rings is 3. The summed E-state index contributed by atoms with van der Waals surface area (Å²) in [4.78, 5) is 9.15. The number of hydrogen-bond acceptors (Lipinski definition) is 3. The second kappa shape index (κ2) is 8.22. The number of aryl methyl sites for hydroxylation is 5. The van der Waals surface area contributed by atoms with Gasteiger partial charge in [0, 0.05) is 23.6 Å². The summed E-state index contributed by atoms with van der Waals surface area (Å²) in [5.41, 5.74) is 8.85. The molecule has 0 unspecified atom stereocenters. The molecule has 0 spiro atoms. The van der Waals surface area contributed by atoms with Crippen LogP contribution in [-0.2, 0) is 0 Å². The van der Waals surface area contributed by atoms with Crippen LogP contribution in [0.3, 0.4) is 0 Å². The summed E-state index contributed by atoms with van der Waals surface area (Å²) in [5, 5.41) is 10.7. The van der Waals surface area contributed by atoms with Crippen LogP contribution in [0, 0.1) is 34.6 Å². The molecule has 28 heavy (non-hydrogen) atoms. The maximum absolute atomic E-state index is 10.7. The van der Waals surface area contributed by atoms with Gasteiger partial charge in [0.2, 0.25) is 0 Å². The van der Waals surface area contributed by atoms with Crippen LogP contribution in [0.5, 0.6) is 5.75 Å². The molecule has 0 amide bonds. The van der Waals surface area contributed by atoms with Crippen molar-refractivity contribution < 1.29 is 5.11 Å². The summed E-state index contributed by atoms with van der Waals surface area (Å²) < 4.78 is 0. The van der Waals surface area contributed by atoms with Crippen LogP contribution in [0.4, 0.5) is 11.4 Å². The van der Waals surface area contributed by atoms with E-state index in [1.165, 1.54) is 11.1 Å². The molecule has 0 aliphatic rings. The van der Waals surface area contributed by atoms with Crippen LogP contribution >= 0.6 is 0 Å². The number of rotatable bonds is 4. The van der Waals surface area contributed by atoms with Crippen LogP contribution in [0.1, 0.15) is 38.9 Å². The Morgan fingerprint density at radius 1 is 0.607 bits per heavy atom. The number of aliphatic imine (C=N–C) groups is 2. The van der Waals surface area contributed by atoms with Gasteiger partial charge in [0.15, 0.2) is 0 Å². The van der Waals surface area contributed by atoms with Crippen molar-refractivity contribution in [2.75, 3.05) is 0 Å². The van der Waals surface area contributed by atoms with E-state index in [2.05, 4.69) is 36.0 Å². The number of hydrogen-bond donors (Lipinski definition) is 1. The van der Waals surface area contributed by atoms with Crippen LogP contribution in [-0.4, -0.2) is 17.5 Å². The number of nitrogens with zero attached hydrogens (tertiary/aromatic N) is 2. The monoisotopic (exact) mass is 370 g/mol. The van der Waals surface area contributed by atoms with E-state index in [1.807, 2.05) is 57.2 Å². The minimum Gasteiger partial charge on any atom is -0.507 e. The Kier molecular flexibility index (Phi) is 5.74. The van der Waals surface area contributed by atoms with E-state index in [-0.39, 0.29) is 5.75 Å². The number of aromatic hydroxyl groups is 1. The summed E-state index contributed by atoms with van der Waals surface area (Å²) >= 11 is 0. The molecule has 3 aromatic carbocycles. The Hall–Kier alpha value is -3.20. The van der Waals surface area contributed by atoms with Gasteiger partial charge in [-0.15, -0.1) is 0 Å². The molecule has 3 nitrogen and oxygen atoms in total. The lowest BCUT2D eigenvalue weighted by atomic mass is 10.1. The molecule has 0 aromatic heterocycles. The number of phenolic OH excluding ortho intramolecular Hbond substituents is 1. The molecular weight excluding hydrogens is 344 g/mol. The molecule has 0 atom stereocenters. The summed E-state index contributed by atoms with van der Waals surface area (Å²) in [6.07, 6.45) is 3.43. The molecule has 0 aliphatic heterocycles. The van der Waals surface area contributed by atoms with Crippen molar-refractivity contribution in [2.24, 2.45) is 9.98 Å². The van der Waals surface area contributed by atoms with Crippen molar-refractivity contribution in [3.63, 3.8) is 0 Å². The van der Waals surface area contributed by atoms with Crippen molar-refractivity contribution in [1.82, 2.24) is 0 Å². The highest BCUT2D eigenvalue weighted by molar-refractivity contribution is 5.94. The van der Waals surface area contributed by atoms with E-state index in [4.69, 9.17) is 0 Å². The maximum atomic E-state index is 10.7. The van der Waals surface area contributed by atoms with Gasteiger partial charge in [0.25, 0.3) is 0 Å². The van der Waals surface area contributed by atoms with Gasteiger partial charge in [-0.3, -0.25) is 9.98 Å². The Balaban J connectivity index is 1.93. The highest BCUT2D eigenvalue weighted by Crippen LogP contribution is 2.26. The van der Waals surface area contributed by atoms with Gasteiger partial charge in [0.1, 0.15) is 5.75 Å². The van der Waals surface area contributed by atoms with E-state index in [0.717, 1.165) is 28.1 Å². The van der Waals surface area contributed by atoms with Gasteiger partial charge in [-0.25, -0.2) is 0 Å². The second-order valence-corrected chi connectivity index (χ2v) is 7.39. The Labute approximate surface area is 167 Å². The minimum absolute atomic E-state index is 0.188. The molecule has 0 heterocycles. The predicted octanol–water partition coefficient (Wildman–Crippen LogP) is 6.44. The smallest absolute Gasteiger partial charge is 0.133 e. The van der Waals surface area contributed by atoms with Crippen LogP contribution in [0.15, 0.2) is 58.5 Å². The van der Waals surface area contributed by atoms with Crippen molar-refractivity contribution in [1.29, 1.82) is 0 Å². The third kappa shape index (κ3) is 4.55. The largest absolute Gasteiger partial charge is 0.507 e. The lowest BCUT2D eigenvalue weighted by Crippen LogP contribution is -1.92. The molecule has 3 heteroatoms. The van der Waals surface area contributed by atoms with Crippen molar-refractivity contribution >= 4 is 23.8 Å². The van der Waals surface area contributed by atoms with E-state index in [9.17, 15) is 5.11 Å². The minimum atomic E-state index is 0.188. The molecule has 0 fully saturated rings. The first-order valence-corrected chi connectivity index (χ1v) is 9.40. The summed E-state index contributed by atoms with van der Waals surface area (Å²) in [6, 6.07) is 16.1. The molecule has 3 rings (SSSR count). The van der Waals surface area contributed by atoms with E-state index in [0.29, 0.717) is 11.1 Å². The van der Waals surface area contributed by atoms with Gasteiger partial charge in [-0.2, -0.15) is 0 Å².